The van der Waals surface area contributed by atoms with Gasteiger partial charge in [0.05, 0.1) is 6.10 Å². The second kappa shape index (κ2) is 5.82. The van der Waals surface area contributed by atoms with Crippen molar-refractivity contribution in [3.05, 3.63) is 0 Å². The predicted octanol–water partition coefficient (Wildman–Crippen LogP) is 0.578. The molecule has 2 unspecified atom stereocenters. The van der Waals surface area contributed by atoms with Crippen LogP contribution >= 0.6 is 0 Å². The van der Waals surface area contributed by atoms with Crippen LogP contribution in [0.4, 0.5) is 0 Å². The van der Waals surface area contributed by atoms with Gasteiger partial charge in [-0.25, -0.2) is 8.42 Å². The smallest absolute Gasteiger partial charge is 0.147 e. The Kier molecular flexibility index (Phi) is 5.02. The SMILES string of the molecule is CNC(CCCS(C)(=O)=O)C1CCCO1. The fourth-order valence-electron chi connectivity index (χ4n) is 2.00. The van der Waals surface area contributed by atoms with Crippen LogP contribution in [0.5, 0.6) is 0 Å². The van der Waals surface area contributed by atoms with Crippen molar-refractivity contribution in [2.45, 2.75) is 37.8 Å². The van der Waals surface area contributed by atoms with Gasteiger partial charge in [-0.1, -0.05) is 0 Å². The Labute approximate surface area is 92.3 Å². The van der Waals surface area contributed by atoms with Crippen LogP contribution in [0.1, 0.15) is 25.7 Å². The van der Waals surface area contributed by atoms with E-state index in [1.165, 1.54) is 6.26 Å². The number of likely N-dealkylation sites (N-methyl/N-ethyl adjacent to an activating group) is 1. The second-order valence-corrected chi connectivity index (χ2v) is 6.48. The molecule has 2 atom stereocenters. The minimum absolute atomic E-state index is 0.273. The van der Waals surface area contributed by atoms with E-state index in [4.69, 9.17) is 4.74 Å². The molecule has 0 amide bonds. The number of hydrogen-bond acceptors (Lipinski definition) is 4. The van der Waals surface area contributed by atoms with Crippen molar-refractivity contribution in [2.24, 2.45) is 0 Å². The van der Waals surface area contributed by atoms with Gasteiger partial charge in [0.1, 0.15) is 9.84 Å². The van der Waals surface area contributed by atoms with E-state index in [0.717, 1.165) is 25.9 Å². The molecule has 0 radical (unpaired) electrons. The second-order valence-electron chi connectivity index (χ2n) is 4.22. The molecule has 0 bridgehead atoms. The molecule has 0 aromatic carbocycles. The van der Waals surface area contributed by atoms with E-state index in [1.54, 1.807) is 0 Å². The molecular weight excluding hydrogens is 214 g/mol. The molecule has 0 spiro atoms. The molecule has 5 heteroatoms. The maximum absolute atomic E-state index is 11.0. The van der Waals surface area contributed by atoms with Crippen molar-refractivity contribution >= 4 is 9.84 Å². The van der Waals surface area contributed by atoms with Crippen LogP contribution in [0, 0.1) is 0 Å². The molecule has 1 saturated heterocycles. The molecule has 1 aliphatic rings. The monoisotopic (exact) mass is 235 g/mol. The summed E-state index contributed by atoms with van der Waals surface area (Å²) in [5.41, 5.74) is 0. The van der Waals surface area contributed by atoms with Crippen LogP contribution in [-0.4, -0.2) is 46.2 Å². The molecule has 0 saturated carbocycles. The van der Waals surface area contributed by atoms with Crippen LogP contribution < -0.4 is 5.32 Å². The molecule has 0 aromatic heterocycles. The van der Waals surface area contributed by atoms with E-state index in [1.807, 2.05) is 7.05 Å². The summed E-state index contributed by atoms with van der Waals surface area (Å²) < 4.78 is 27.5. The lowest BCUT2D eigenvalue weighted by Crippen LogP contribution is -2.37. The van der Waals surface area contributed by atoms with Gasteiger partial charge in [-0.3, -0.25) is 0 Å². The quantitative estimate of drug-likeness (QED) is 0.731. The molecule has 1 heterocycles. The van der Waals surface area contributed by atoms with Crippen LogP contribution in [0.3, 0.4) is 0 Å². The molecule has 90 valence electrons. The Hall–Kier alpha value is -0.130. The zero-order chi connectivity index (χ0) is 11.3. The Morgan fingerprint density at radius 1 is 1.53 bits per heavy atom. The van der Waals surface area contributed by atoms with E-state index in [0.29, 0.717) is 12.5 Å². The first kappa shape index (κ1) is 12.9. The Morgan fingerprint density at radius 3 is 2.73 bits per heavy atom. The van der Waals surface area contributed by atoms with Crippen molar-refractivity contribution in [2.75, 3.05) is 25.7 Å². The summed E-state index contributed by atoms with van der Waals surface area (Å²) in [6, 6.07) is 0.300. The highest BCUT2D eigenvalue weighted by molar-refractivity contribution is 7.90. The average molecular weight is 235 g/mol. The van der Waals surface area contributed by atoms with Crippen LogP contribution in [0.25, 0.3) is 0 Å². The number of hydrogen-bond donors (Lipinski definition) is 1. The largest absolute Gasteiger partial charge is 0.377 e. The molecular formula is C10H21NO3S. The van der Waals surface area contributed by atoms with Gasteiger partial charge in [0.2, 0.25) is 0 Å². The van der Waals surface area contributed by atoms with E-state index in [-0.39, 0.29) is 11.9 Å². The van der Waals surface area contributed by atoms with Gasteiger partial charge in [0.15, 0.2) is 0 Å². The van der Waals surface area contributed by atoms with Crippen LogP contribution in [-0.2, 0) is 14.6 Å². The first-order valence-corrected chi connectivity index (χ1v) is 7.55. The first-order valence-electron chi connectivity index (χ1n) is 5.49. The highest BCUT2D eigenvalue weighted by Crippen LogP contribution is 2.18. The van der Waals surface area contributed by atoms with Gasteiger partial charge in [0.25, 0.3) is 0 Å². The van der Waals surface area contributed by atoms with Crippen molar-refractivity contribution in [1.82, 2.24) is 5.32 Å². The number of sulfone groups is 1. The summed E-state index contributed by atoms with van der Waals surface area (Å²) >= 11 is 0. The summed E-state index contributed by atoms with van der Waals surface area (Å²) in [4.78, 5) is 0. The predicted molar refractivity (Wildman–Crippen MR) is 60.8 cm³/mol. The third kappa shape index (κ3) is 4.95. The summed E-state index contributed by atoms with van der Waals surface area (Å²) in [6.45, 7) is 0.842. The molecule has 0 aliphatic carbocycles. The van der Waals surface area contributed by atoms with E-state index < -0.39 is 9.84 Å². The summed E-state index contributed by atoms with van der Waals surface area (Å²) in [7, 11) is -0.911. The Morgan fingerprint density at radius 2 is 2.27 bits per heavy atom. The van der Waals surface area contributed by atoms with Gasteiger partial charge in [-0.15, -0.1) is 0 Å². The van der Waals surface area contributed by atoms with E-state index >= 15 is 0 Å². The van der Waals surface area contributed by atoms with E-state index in [9.17, 15) is 8.42 Å². The Bertz CT molecular complexity index is 270. The first-order chi connectivity index (χ1) is 7.03. The molecule has 1 N–H and O–H groups in total. The van der Waals surface area contributed by atoms with Crippen molar-refractivity contribution in [3.63, 3.8) is 0 Å². The highest BCUT2D eigenvalue weighted by atomic mass is 32.2. The molecule has 1 aliphatic heterocycles. The van der Waals surface area contributed by atoms with Crippen LogP contribution in [0.2, 0.25) is 0 Å². The lowest BCUT2D eigenvalue weighted by Gasteiger charge is -2.22. The average Bonchev–Trinajstić information content (AvgIpc) is 2.63. The van der Waals surface area contributed by atoms with Crippen molar-refractivity contribution in [1.29, 1.82) is 0 Å². The van der Waals surface area contributed by atoms with Gasteiger partial charge in [-0.05, 0) is 32.7 Å². The summed E-state index contributed by atoms with van der Waals surface area (Å²) in [6.07, 6.45) is 5.35. The lowest BCUT2D eigenvalue weighted by molar-refractivity contribution is 0.0779. The zero-order valence-electron chi connectivity index (χ0n) is 9.53. The van der Waals surface area contributed by atoms with Gasteiger partial charge < -0.3 is 10.1 Å². The van der Waals surface area contributed by atoms with Gasteiger partial charge in [-0.2, -0.15) is 0 Å². The molecule has 4 nitrogen and oxygen atoms in total. The normalized spacial score (nSPS) is 24.3. The number of ether oxygens (including phenoxy) is 1. The molecule has 1 rings (SSSR count). The maximum atomic E-state index is 11.0. The Balaban J connectivity index is 2.27. The fraction of sp³-hybridized carbons (Fsp3) is 1.00. The van der Waals surface area contributed by atoms with Crippen molar-refractivity contribution < 1.29 is 13.2 Å². The molecule has 0 aromatic rings. The van der Waals surface area contributed by atoms with E-state index in [2.05, 4.69) is 5.32 Å². The minimum Gasteiger partial charge on any atom is -0.377 e. The summed E-state index contributed by atoms with van der Waals surface area (Å²) in [5.74, 6) is 0.276. The summed E-state index contributed by atoms with van der Waals surface area (Å²) in [5, 5.41) is 3.21. The molecule has 15 heavy (non-hydrogen) atoms. The van der Waals surface area contributed by atoms with Gasteiger partial charge in [0, 0.05) is 24.7 Å². The standard InChI is InChI=1S/C10H21NO3S/c1-11-9(10-6-3-7-14-10)5-4-8-15(2,12)13/h9-11H,3-8H2,1-2H3. The maximum Gasteiger partial charge on any atom is 0.147 e. The number of rotatable bonds is 6. The lowest BCUT2D eigenvalue weighted by atomic mass is 10.0. The van der Waals surface area contributed by atoms with Crippen LogP contribution in [0.15, 0.2) is 0 Å². The third-order valence-electron chi connectivity index (χ3n) is 2.81. The third-order valence-corrected chi connectivity index (χ3v) is 3.84. The van der Waals surface area contributed by atoms with Gasteiger partial charge >= 0.3 is 0 Å². The topological polar surface area (TPSA) is 55.4 Å². The minimum atomic E-state index is -2.82. The molecule has 1 fully saturated rings. The fourth-order valence-corrected chi connectivity index (χ4v) is 2.69. The number of nitrogens with one attached hydrogen (secondary N) is 1. The van der Waals surface area contributed by atoms with Crippen molar-refractivity contribution in [3.8, 4) is 0 Å². The zero-order valence-corrected chi connectivity index (χ0v) is 10.3. The highest BCUT2D eigenvalue weighted by Gasteiger charge is 2.24.